The second-order valence-corrected chi connectivity index (χ2v) is 5.49. The standard InChI is InChI=1S/C16H18Cl2N2/c1-2-19-20-16(13-4-3-5-15(18)11-13)10-12-6-8-14(17)9-7-12/h3-9,11,16,19-20H,2,10H2,1H3. The summed E-state index contributed by atoms with van der Waals surface area (Å²) in [5.41, 5.74) is 8.90. The van der Waals surface area contributed by atoms with Crippen LogP contribution in [0.1, 0.15) is 24.1 Å². The maximum atomic E-state index is 6.08. The second-order valence-electron chi connectivity index (χ2n) is 4.61. The van der Waals surface area contributed by atoms with Crippen LogP contribution in [0.4, 0.5) is 0 Å². The van der Waals surface area contributed by atoms with E-state index in [2.05, 4.69) is 23.8 Å². The number of hydrogen-bond acceptors (Lipinski definition) is 2. The summed E-state index contributed by atoms with van der Waals surface area (Å²) < 4.78 is 0. The predicted molar refractivity (Wildman–Crippen MR) is 86.2 cm³/mol. The van der Waals surface area contributed by atoms with Gasteiger partial charge in [0.05, 0.1) is 6.04 Å². The van der Waals surface area contributed by atoms with Gasteiger partial charge in [-0.2, -0.15) is 0 Å². The molecule has 0 amide bonds. The van der Waals surface area contributed by atoms with Gasteiger partial charge in [-0.05, 0) is 41.8 Å². The number of hydrogen-bond donors (Lipinski definition) is 2. The number of benzene rings is 2. The van der Waals surface area contributed by atoms with Crippen molar-refractivity contribution in [3.8, 4) is 0 Å². The summed E-state index contributed by atoms with van der Waals surface area (Å²) in [6.45, 7) is 2.92. The Morgan fingerprint density at radius 2 is 1.75 bits per heavy atom. The third kappa shape index (κ3) is 4.50. The first-order valence-electron chi connectivity index (χ1n) is 6.67. The van der Waals surface area contributed by atoms with Crippen LogP contribution < -0.4 is 10.9 Å². The van der Waals surface area contributed by atoms with Crippen LogP contribution in [0.3, 0.4) is 0 Å². The summed E-state index contributed by atoms with van der Waals surface area (Å²) in [6.07, 6.45) is 0.866. The van der Waals surface area contributed by atoms with E-state index in [4.69, 9.17) is 23.2 Å². The molecule has 2 N–H and O–H groups in total. The van der Waals surface area contributed by atoms with Crippen LogP contribution in [0.25, 0.3) is 0 Å². The minimum absolute atomic E-state index is 0.162. The van der Waals surface area contributed by atoms with Gasteiger partial charge in [0, 0.05) is 16.6 Å². The molecular weight excluding hydrogens is 291 g/mol. The summed E-state index contributed by atoms with van der Waals surface area (Å²) in [5.74, 6) is 0. The molecule has 0 saturated heterocycles. The third-order valence-electron chi connectivity index (χ3n) is 3.06. The van der Waals surface area contributed by atoms with Crippen LogP contribution in [0.5, 0.6) is 0 Å². The molecule has 0 bridgehead atoms. The highest BCUT2D eigenvalue weighted by molar-refractivity contribution is 6.30. The number of rotatable bonds is 6. The molecule has 0 aromatic heterocycles. The van der Waals surface area contributed by atoms with Crippen LogP contribution in [0.15, 0.2) is 48.5 Å². The zero-order chi connectivity index (χ0) is 14.4. The summed E-state index contributed by atoms with van der Waals surface area (Å²) in [4.78, 5) is 0. The molecule has 4 heteroatoms. The van der Waals surface area contributed by atoms with Gasteiger partial charge >= 0.3 is 0 Å². The molecule has 0 radical (unpaired) electrons. The average molecular weight is 309 g/mol. The lowest BCUT2D eigenvalue weighted by molar-refractivity contribution is 0.447. The molecule has 1 unspecified atom stereocenters. The molecule has 0 fully saturated rings. The van der Waals surface area contributed by atoms with Crippen molar-refractivity contribution in [3.05, 3.63) is 69.7 Å². The lowest BCUT2D eigenvalue weighted by atomic mass is 9.99. The topological polar surface area (TPSA) is 24.1 Å². The highest BCUT2D eigenvalue weighted by atomic mass is 35.5. The summed E-state index contributed by atoms with van der Waals surface area (Å²) in [6, 6.07) is 16.0. The molecular formula is C16H18Cl2N2. The predicted octanol–water partition coefficient (Wildman–Crippen LogP) is 4.39. The Labute approximate surface area is 130 Å². The van der Waals surface area contributed by atoms with Crippen molar-refractivity contribution in [3.63, 3.8) is 0 Å². The minimum Gasteiger partial charge on any atom is -0.258 e. The first-order chi connectivity index (χ1) is 9.69. The second kappa shape index (κ2) is 7.65. The molecule has 20 heavy (non-hydrogen) atoms. The average Bonchev–Trinajstić information content (AvgIpc) is 2.45. The van der Waals surface area contributed by atoms with E-state index < -0.39 is 0 Å². The van der Waals surface area contributed by atoms with Gasteiger partial charge in [-0.3, -0.25) is 10.9 Å². The Morgan fingerprint density at radius 3 is 2.40 bits per heavy atom. The SMILES string of the molecule is CCNNC(Cc1ccc(Cl)cc1)c1cccc(Cl)c1. The highest BCUT2D eigenvalue weighted by Crippen LogP contribution is 2.22. The van der Waals surface area contributed by atoms with Gasteiger partial charge in [0.15, 0.2) is 0 Å². The van der Waals surface area contributed by atoms with Crippen LogP contribution >= 0.6 is 23.2 Å². The van der Waals surface area contributed by atoms with Gasteiger partial charge in [0.2, 0.25) is 0 Å². The van der Waals surface area contributed by atoms with Gasteiger partial charge in [0.25, 0.3) is 0 Å². The first-order valence-corrected chi connectivity index (χ1v) is 7.43. The maximum absolute atomic E-state index is 6.08. The molecule has 2 nitrogen and oxygen atoms in total. The Kier molecular flexibility index (Phi) is 5.86. The maximum Gasteiger partial charge on any atom is 0.0503 e. The number of nitrogens with one attached hydrogen (secondary N) is 2. The normalized spacial score (nSPS) is 12.3. The van der Waals surface area contributed by atoms with Crippen molar-refractivity contribution in [1.82, 2.24) is 10.9 Å². The summed E-state index contributed by atoms with van der Waals surface area (Å²) in [5, 5.41) is 1.51. The molecule has 2 aromatic carbocycles. The number of hydrazine groups is 1. The van der Waals surface area contributed by atoms with Crippen molar-refractivity contribution < 1.29 is 0 Å². The van der Waals surface area contributed by atoms with Crippen molar-refractivity contribution in [1.29, 1.82) is 0 Å². The van der Waals surface area contributed by atoms with E-state index in [1.54, 1.807) is 0 Å². The fourth-order valence-corrected chi connectivity index (χ4v) is 2.38. The Morgan fingerprint density at radius 1 is 1.00 bits per heavy atom. The van der Waals surface area contributed by atoms with Crippen LogP contribution in [0.2, 0.25) is 10.0 Å². The lowest BCUT2D eigenvalue weighted by Crippen LogP contribution is -2.36. The smallest absolute Gasteiger partial charge is 0.0503 e. The fourth-order valence-electron chi connectivity index (χ4n) is 2.06. The molecule has 2 aromatic rings. The monoisotopic (exact) mass is 308 g/mol. The van der Waals surface area contributed by atoms with E-state index in [0.717, 1.165) is 28.6 Å². The van der Waals surface area contributed by atoms with Gasteiger partial charge < -0.3 is 0 Å². The van der Waals surface area contributed by atoms with Crippen molar-refractivity contribution in [2.45, 2.75) is 19.4 Å². The van der Waals surface area contributed by atoms with E-state index in [1.807, 2.05) is 42.5 Å². The van der Waals surface area contributed by atoms with E-state index in [9.17, 15) is 0 Å². The molecule has 0 aliphatic carbocycles. The highest BCUT2D eigenvalue weighted by Gasteiger charge is 2.12. The fraction of sp³-hybridized carbons (Fsp3) is 0.250. The molecule has 106 valence electrons. The lowest BCUT2D eigenvalue weighted by Gasteiger charge is -2.20. The molecule has 0 saturated carbocycles. The Balaban J connectivity index is 2.16. The summed E-state index contributed by atoms with van der Waals surface area (Å²) in [7, 11) is 0. The van der Waals surface area contributed by atoms with Crippen LogP contribution in [-0.2, 0) is 6.42 Å². The Bertz CT molecular complexity index is 540. The van der Waals surface area contributed by atoms with E-state index in [-0.39, 0.29) is 6.04 Å². The van der Waals surface area contributed by atoms with Gasteiger partial charge in [-0.25, -0.2) is 0 Å². The zero-order valence-electron chi connectivity index (χ0n) is 11.4. The zero-order valence-corrected chi connectivity index (χ0v) is 12.9. The summed E-state index contributed by atoms with van der Waals surface area (Å²) >= 11 is 12.0. The van der Waals surface area contributed by atoms with Crippen molar-refractivity contribution in [2.24, 2.45) is 0 Å². The molecule has 1 atom stereocenters. The largest absolute Gasteiger partial charge is 0.258 e. The van der Waals surface area contributed by atoms with Gasteiger partial charge in [0.1, 0.15) is 0 Å². The number of halogens is 2. The van der Waals surface area contributed by atoms with Crippen molar-refractivity contribution in [2.75, 3.05) is 6.54 Å². The molecule has 0 aliphatic heterocycles. The molecule has 0 spiro atoms. The molecule has 2 rings (SSSR count). The van der Waals surface area contributed by atoms with Gasteiger partial charge in [-0.1, -0.05) is 54.4 Å². The van der Waals surface area contributed by atoms with Gasteiger partial charge in [-0.15, -0.1) is 0 Å². The molecule has 0 heterocycles. The quantitative estimate of drug-likeness (QED) is 0.773. The van der Waals surface area contributed by atoms with Crippen LogP contribution in [-0.4, -0.2) is 6.54 Å². The van der Waals surface area contributed by atoms with E-state index in [0.29, 0.717) is 0 Å². The van der Waals surface area contributed by atoms with E-state index in [1.165, 1.54) is 5.56 Å². The van der Waals surface area contributed by atoms with Crippen molar-refractivity contribution >= 4 is 23.2 Å². The minimum atomic E-state index is 0.162. The Hall–Kier alpha value is -1.06. The van der Waals surface area contributed by atoms with Crippen LogP contribution in [0, 0.1) is 0 Å². The molecule has 0 aliphatic rings. The first kappa shape index (κ1) is 15.3. The third-order valence-corrected chi connectivity index (χ3v) is 3.54. The van der Waals surface area contributed by atoms with E-state index >= 15 is 0 Å².